The van der Waals surface area contributed by atoms with Gasteiger partial charge in [0.2, 0.25) is 0 Å². The molecule has 0 spiro atoms. The number of carbonyl (C=O) groups is 1. The SMILES string of the molecule is [CH2]NC1(C(=O)O)CCCC1. The van der Waals surface area contributed by atoms with Crippen LogP contribution in [0.1, 0.15) is 25.7 Å². The average Bonchev–Trinajstić information content (AvgIpc) is 2.35. The number of hydrogen-bond donors (Lipinski definition) is 2. The monoisotopic (exact) mass is 142 g/mol. The Hall–Kier alpha value is -0.570. The van der Waals surface area contributed by atoms with E-state index in [4.69, 9.17) is 5.11 Å². The molecule has 3 heteroatoms. The van der Waals surface area contributed by atoms with Crippen LogP contribution in [0, 0.1) is 7.05 Å². The fourth-order valence-electron chi connectivity index (χ4n) is 1.44. The lowest BCUT2D eigenvalue weighted by Crippen LogP contribution is -2.46. The zero-order chi connectivity index (χ0) is 7.61. The smallest absolute Gasteiger partial charge is 0.323 e. The standard InChI is InChI=1S/C7H12NO2/c1-8-7(6(9)10)4-2-3-5-7/h8H,1-5H2,(H,9,10). The second-order valence-corrected chi connectivity index (χ2v) is 2.77. The number of rotatable bonds is 2. The van der Waals surface area contributed by atoms with E-state index in [2.05, 4.69) is 12.4 Å². The molecule has 1 radical (unpaired) electrons. The van der Waals surface area contributed by atoms with E-state index in [9.17, 15) is 4.79 Å². The van der Waals surface area contributed by atoms with E-state index in [1.807, 2.05) is 0 Å². The molecule has 0 atom stereocenters. The van der Waals surface area contributed by atoms with Gasteiger partial charge in [-0.3, -0.25) is 4.79 Å². The molecule has 2 N–H and O–H groups in total. The Kier molecular flexibility index (Phi) is 1.94. The maximum Gasteiger partial charge on any atom is 0.323 e. The van der Waals surface area contributed by atoms with Crippen LogP contribution in [0.3, 0.4) is 0 Å². The molecule has 1 aliphatic rings. The van der Waals surface area contributed by atoms with Crippen molar-refractivity contribution < 1.29 is 9.90 Å². The predicted octanol–water partition coefficient (Wildman–Crippen LogP) is 0.765. The van der Waals surface area contributed by atoms with Crippen molar-refractivity contribution in [3.05, 3.63) is 7.05 Å². The summed E-state index contributed by atoms with van der Waals surface area (Å²) < 4.78 is 0. The molecule has 0 aromatic heterocycles. The van der Waals surface area contributed by atoms with E-state index in [1.165, 1.54) is 0 Å². The van der Waals surface area contributed by atoms with E-state index in [0.717, 1.165) is 12.8 Å². The first-order valence-corrected chi connectivity index (χ1v) is 3.49. The molecular formula is C7H12NO2. The minimum atomic E-state index is -0.764. The summed E-state index contributed by atoms with van der Waals surface area (Å²) in [5, 5.41) is 11.4. The van der Waals surface area contributed by atoms with Crippen LogP contribution in [-0.2, 0) is 4.79 Å². The third-order valence-electron chi connectivity index (χ3n) is 2.20. The second-order valence-electron chi connectivity index (χ2n) is 2.77. The zero-order valence-corrected chi connectivity index (χ0v) is 5.89. The van der Waals surface area contributed by atoms with Gasteiger partial charge in [0, 0.05) is 7.05 Å². The van der Waals surface area contributed by atoms with Crippen LogP contribution in [0.4, 0.5) is 0 Å². The van der Waals surface area contributed by atoms with Gasteiger partial charge in [0.05, 0.1) is 0 Å². The zero-order valence-electron chi connectivity index (χ0n) is 5.89. The van der Waals surface area contributed by atoms with Crippen molar-refractivity contribution in [1.82, 2.24) is 5.32 Å². The summed E-state index contributed by atoms with van der Waals surface area (Å²) in [5.74, 6) is -0.764. The van der Waals surface area contributed by atoms with E-state index in [1.54, 1.807) is 0 Å². The van der Waals surface area contributed by atoms with Crippen molar-refractivity contribution in [3.8, 4) is 0 Å². The maximum absolute atomic E-state index is 10.7. The molecule has 0 unspecified atom stereocenters. The molecule has 3 nitrogen and oxygen atoms in total. The molecule has 0 aromatic rings. The number of carboxylic acids is 1. The van der Waals surface area contributed by atoms with Gasteiger partial charge >= 0.3 is 5.97 Å². The van der Waals surface area contributed by atoms with Crippen molar-refractivity contribution >= 4 is 5.97 Å². The Morgan fingerprint density at radius 1 is 1.50 bits per heavy atom. The molecule has 1 aliphatic carbocycles. The fourth-order valence-corrected chi connectivity index (χ4v) is 1.44. The van der Waals surface area contributed by atoms with Gasteiger partial charge in [0.15, 0.2) is 0 Å². The topological polar surface area (TPSA) is 49.3 Å². The highest BCUT2D eigenvalue weighted by Crippen LogP contribution is 2.29. The molecule has 0 saturated heterocycles. The lowest BCUT2D eigenvalue weighted by molar-refractivity contribution is -0.144. The Balaban J connectivity index is 2.67. The minimum absolute atomic E-state index is 0.708. The molecule has 1 saturated carbocycles. The largest absolute Gasteiger partial charge is 0.480 e. The first-order valence-electron chi connectivity index (χ1n) is 3.49. The van der Waals surface area contributed by atoms with Gasteiger partial charge in [0.1, 0.15) is 5.54 Å². The van der Waals surface area contributed by atoms with E-state index >= 15 is 0 Å². The van der Waals surface area contributed by atoms with E-state index in [0.29, 0.717) is 12.8 Å². The maximum atomic E-state index is 10.7. The number of hydrogen-bond acceptors (Lipinski definition) is 2. The van der Waals surface area contributed by atoms with Crippen molar-refractivity contribution in [2.24, 2.45) is 0 Å². The highest BCUT2D eigenvalue weighted by Gasteiger charge is 2.39. The number of nitrogens with one attached hydrogen (secondary N) is 1. The molecule has 1 fully saturated rings. The average molecular weight is 142 g/mol. The summed E-state index contributed by atoms with van der Waals surface area (Å²) in [6.45, 7) is 0. The molecule has 0 bridgehead atoms. The van der Waals surface area contributed by atoms with Gasteiger partial charge in [-0.05, 0) is 12.8 Å². The fraction of sp³-hybridized carbons (Fsp3) is 0.714. The van der Waals surface area contributed by atoms with Crippen molar-refractivity contribution in [2.75, 3.05) is 0 Å². The lowest BCUT2D eigenvalue weighted by Gasteiger charge is -2.21. The quantitative estimate of drug-likeness (QED) is 0.598. The predicted molar refractivity (Wildman–Crippen MR) is 37.3 cm³/mol. The van der Waals surface area contributed by atoms with Crippen LogP contribution in [0.2, 0.25) is 0 Å². The molecule has 10 heavy (non-hydrogen) atoms. The molecule has 0 amide bonds. The summed E-state index contributed by atoms with van der Waals surface area (Å²) in [4.78, 5) is 10.7. The Labute approximate surface area is 60.4 Å². The summed E-state index contributed by atoms with van der Waals surface area (Å²) in [7, 11) is 3.43. The van der Waals surface area contributed by atoms with Crippen LogP contribution in [-0.4, -0.2) is 16.6 Å². The van der Waals surface area contributed by atoms with Crippen molar-refractivity contribution in [3.63, 3.8) is 0 Å². The highest BCUT2D eigenvalue weighted by molar-refractivity contribution is 5.79. The second kappa shape index (κ2) is 2.58. The summed E-state index contributed by atoms with van der Waals surface area (Å²) in [6.07, 6.45) is 3.42. The van der Waals surface area contributed by atoms with Gasteiger partial charge < -0.3 is 10.4 Å². The molecular weight excluding hydrogens is 130 g/mol. The first kappa shape index (κ1) is 7.54. The van der Waals surface area contributed by atoms with Crippen LogP contribution in [0.5, 0.6) is 0 Å². The van der Waals surface area contributed by atoms with Gasteiger partial charge in [-0.15, -0.1) is 0 Å². The van der Waals surface area contributed by atoms with Crippen LogP contribution >= 0.6 is 0 Å². The molecule has 1 rings (SSSR count). The van der Waals surface area contributed by atoms with Crippen LogP contribution < -0.4 is 5.32 Å². The first-order chi connectivity index (χ1) is 4.71. The van der Waals surface area contributed by atoms with Crippen molar-refractivity contribution in [1.29, 1.82) is 0 Å². The van der Waals surface area contributed by atoms with Crippen molar-refractivity contribution in [2.45, 2.75) is 31.2 Å². The number of carboxylic acid groups (broad SMARTS) is 1. The minimum Gasteiger partial charge on any atom is -0.480 e. The summed E-state index contributed by atoms with van der Waals surface area (Å²) in [6, 6.07) is 0. The van der Waals surface area contributed by atoms with Crippen LogP contribution in [0.25, 0.3) is 0 Å². The Morgan fingerprint density at radius 3 is 2.20 bits per heavy atom. The highest BCUT2D eigenvalue weighted by atomic mass is 16.4. The lowest BCUT2D eigenvalue weighted by atomic mass is 9.99. The normalized spacial score (nSPS) is 22.9. The third kappa shape index (κ3) is 1.01. The van der Waals surface area contributed by atoms with E-state index < -0.39 is 11.5 Å². The Morgan fingerprint density at radius 2 is 2.00 bits per heavy atom. The van der Waals surface area contributed by atoms with Gasteiger partial charge in [0.25, 0.3) is 0 Å². The van der Waals surface area contributed by atoms with Crippen LogP contribution in [0.15, 0.2) is 0 Å². The molecule has 0 aliphatic heterocycles. The third-order valence-corrected chi connectivity index (χ3v) is 2.20. The molecule has 0 aromatic carbocycles. The molecule has 57 valence electrons. The summed E-state index contributed by atoms with van der Waals surface area (Å²) >= 11 is 0. The van der Waals surface area contributed by atoms with Gasteiger partial charge in [-0.2, -0.15) is 0 Å². The van der Waals surface area contributed by atoms with E-state index in [-0.39, 0.29) is 0 Å². The number of aliphatic carboxylic acids is 1. The summed E-state index contributed by atoms with van der Waals surface area (Å²) in [5.41, 5.74) is -0.708. The van der Waals surface area contributed by atoms with Gasteiger partial charge in [-0.25, -0.2) is 0 Å². The Bertz CT molecular complexity index is 139. The van der Waals surface area contributed by atoms with Gasteiger partial charge in [-0.1, -0.05) is 12.8 Å². The molecule has 0 heterocycles.